The second kappa shape index (κ2) is 6.79. The van der Waals surface area contributed by atoms with E-state index in [1.807, 2.05) is 0 Å². The fourth-order valence-corrected chi connectivity index (χ4v) is 8.32. The van der Waals surface area contributed by atoms with Crippen LogP contribution >= 0.6 is 0 Å². The summed E-state index contributed by atoms with van der Waals surface area (Å²) in [6.45, 7) is 5.10. The first-order valence-corrected chi connectivity index (χ1v) is 11.2. The smallest absolute Gasteiger partial charge is 0.303 e. The van der Waals surface area contributed by atoms with Crippen molar-refractivity contribution >= 4 is 5.97 Å². The molecule has 4 fully saturated rings. The first-order valence-electron chi connectivity index (χ1n) is 11.2. The quantitative estimate of drug-likeness (QED) is 0.717. The SMILES string of the molecule is CC12CC[C@@H](O)CC1CCC1C2CCC2(C)C1CC[C@@H]2CCCC(=O)O. The summed E-state index contributed by atoms with van der Waals surface area (Å²) in [4.78, 5) is 10.9. The molecule has 0 aliphatic heterocycles. The first-order chi connectivity index (χ1) is 12.3. The summed E-state index contributed by atoms with van der Waals surface area (Å²) in [7, 11) is 0. The molecular formula is C23H38O3. The lowest BCUT2D eigenvalue weighted by Crippen LogP contribution is -2.53. The fraction of sp³-hybridized carbons (Fsp3) is 0.957. The number of carboxylic acids is 1. The van der Waals surface area contributed by atoms with Crippen molar-refractivity contribution in [2.24, 2.45) is 40.4 Å². The minimum Gasteiger partial charge on any atom is -0.481 e. The zero-order valence-electron chi connectivity index (χ0n) is 16.8. The van der Waals surface area contributed by atoms with Crippen molar-refractivity contribution in [1.29, 1.82) is 0 Å². The lowest BCUT2D eigenvalue weighted by Gasteiger charge is -2.61. The molecule has 8 atom stereocenters. The Kier molecular flexibility index (Phi) is 4.91. The molecule has 4 aliphatic carbocycles. The second-order valence-corrected chi connectivity index (χ2v) is 10.7. The molecule has 6 unspecified atom stereocenters. The molecule has 4 rings (SSSR count). The van der Waals surface area contributed by atoms with Gasteiger partial charge in [-0.3, -0.25) is 4.79 Å². The molecule has 3 heteroatoms. The van der Waals surface area contributed by atoms with Gasteiger partial charge in [-0.1, -0.05) is 13.8 Å². The molecule has 26 heavy (non-hydrogen) atoms. The molecule has 2 N–H and O–H groups in total. The third kappa shape index (κ3) is 2.93. The van der Waals surface area contributed by atoms with Gasteiger partial charge in [0.25, 0.3) is 0 Å². The highest BCUT2D eigenvalue weighted by atomic mass is 16.4. The van der Waals surface area contributed by atoms with Gasteiger partial charge in [0, 0.05) is 6.42 Å². The van der Waals surface area contributed by atoms with Gasteiger partial charge in [-0.05, 0) is 111 Å². The fourth-order valence-electron chi connectivity index (χ4n) is 8.32. The largest absolute Gasteiger partial charge is 0.481 e. The van der Waals surface area contributed by atoms with Crippen LogP contribution in [0.15, 0.2) is 0 Å². The molecule has 0 aromatic heterocycles. The maximum absolute atomic E-state index is 10.9. The Morgan fingerprint density at radius 1 is 0.962 bits per heavy atom. The number of aliphatic carboxylic acids is 1. The van der Waals surface area contributed by atoms with Crippen LogP contribution in [0.1, 0.15) is 90.9 Å². The number of aliphatic hydroxyl groups is 1. The van der Waals surface area contributed by atoms with Gasteiger partial charge in [-0.25, -0.2) is 0 Å². The number of hydrogen-bond acceptors (Lipinski definition) is 2. The average molecular weight is 363 g/mol. The molecule has 0 aromatic carbocycles. The highest BCUT2D eigenvalue weighted by Gasteiger charge is 2.59. The number of aliphatic hydroxyl groups excluding tert-OH is 1. The standard InChI is InChI=1S/C23H38O3/c1-22-13-11-20-18(8-6-16-14-17(24)10-12-23(16,20)2)19(22)9-7-15(22)4-3-5-21(25)26/h15-20,24H,3-14H2,1-2H3,(H,25,26)/t15-,16?,17+,18?,19?,20?,22?,23?/m0/s1. The molecule has 0 amide bonds. The van der Waals surface area contributed by atoms with Gasteiger partial charge in [0.15, 0.2) is 0 Å². The Labute approximate surface area is 158 Å². The van der Waals surface area contributed by atoms with Gasteiger partial charge >= 0.3 is 5.97 Å². The van der Waals surface area contributed by atoms with Crippen LogP contribution in [0.4, 0.5) is 0 Å². The molecule has 0 heterocycles. The lowest BCUT2D eigenvalue weighted by atomic mass is 9.44. The third-order valence-corrected chi connectivity index (χ3v) is 9.78. The molecule has 0 spiro atoms. The Morgan fingerprint density at radius 3 is 2.46 bits per heavy atom. The monoisotopic (exact) mass is 362 g/mol. The summed E-state index contributed by atoms with van der Waals surface area (Å²) < 4.78 is 0. The molecule has 0 saturated heterocycles. The predicted octanol–water partition coefficient (Wildman–Crippen LogP) is 5.26. The Hall–Kier alpha value is -0.570. The van der Waals surface area contributed by atoms with Gasteiger partial charge in [0.1, 0.15) is 0 Å². The van der Waals surface area contributed by atoms with Crippen molar-refractivity contribution in [3.63, 3.8) is 0 Å². The topological polar surface area (TPSA) is 57.5 Å². The van der Waals surface area contributed by atoms with E-state index in [2.05, 4.69) is 13.8 Å². The van der Waals surface area contributed by atoms with Crippen LogP contribution in [0.25, 0.3) is 0 Å². The molecule has 148 valence electrons. The Balaban J connectivity index is 1.48. The van der Waals surface area contributed by atoms with Gasteiger partial charge in [0.2, 0.25) is 0 Å². The molecule has 0 radical (unpaired) electrons. The zero-order chi connectivity index (χ0) is 18.5. The van der Waals surface area contributed by atoms with Crippen molar-refractivity contribution in [3.8, 4) is 0 Å². The summed E-state index contributed by atoms with van der Waals surface area (Å²) in [5.74, 6) is 3.45. The van der Waals surface area contributed by atoms with Gasteiger partial charge in [-0.2, -0.15) is 0 Å². The third-order valence-electron chi connectivity index (χ3n) is 9.78. The molecule has 0 bridgehead atoms. The van der Waals surface area contributed by atoms with Crippen molar-refractivity contribution in [3.05, 3.63) is 0 Å². The minimum absolute atomic E-state index is 0.0522. The van der Waals surface area contributed by atoms with Gasteiger partial charge in [-0.15, -0.1) is 0 Å². The Bertz CT molecular complexity index is 546. The molecule has 4 aliphatic rings. The zero-order valence-corrected chi connectivity index (χ0v) is 16.8. The molecule has 4 saturated carbocycles. The van der Waals surface area contributed by atoms with Crippen LogP contribution in [0, 0.1) is 40.4 Å². The number of rotatable bonds is 4. The molecule has 3 nitrogen and oxygen atoms in total. The number of carbonyl (C=O) groups is 1. The van der Waals surface area contributed by atoms with E-state index in [9.17, 15) is 9.90 Å². The minimum atomic E-state index is -0.640. The first kappa shape index (κ1) is 18.8. The van der Waals surface area contributed by atoms with Crippen LogP contribution < -0.4 is 0 Å². The normalized spacial score (nSPS) is 50.6. The maximum atomic E-state index is 10.9. The summed E-state index contributed by atoms with van der Waals surface area (Å²) in [6, 6.07) is 0. The van der Waals surface area contributed by atoms with E-state index in [0.717, 1.165) is 55.3 Å². The summed E-state index contributed by atoms with van der Waals surface area (Å²) in [5, 5.41) is 19.1. The highest BCUT2D eigenvalue weighted by Crippen LogP contribution is 2.67. The van der Waals surface area contributed by atoms with E-state index < -0.39 is 5.97 Å². The number of carboxylic acid groups (broad SMARTS) is 1. The number of fused-ring (bicyclic) bond motifs is 5. The van der Waals surface area contributed by atoms with Gasteiger partial charge < -0.3 is 10.2 Å². The van der Waals surface area contributed by atoms with Crippen LogP contribution in [-0.4, -0.2) is 22.3 Å². The van der Waals surface area contributed by atoms with Crippen LogP contribution in [-0.2, 0) is 4.79 Å². The highest BCUT2D eigenvalue weighted by molar-refractivity contribution is 5.66. The van der Waals surface area contributed by atoms with Crippen LogP contribution in [0.2, 0.25) is 0 Å². The Morgan fingerprint density at radius 2 is 1.69 bits per heavy atom. The summed E-state index contributed by atoms with van der Waals surface area (Å²) in [6.07, 6.45) is 13.6. The van der Waals surface area contributed by atoms with Crippen molar-refractivity contribution in [2.75, 3.05) is 0 Å². The van der Waals surface area contributed by atoms with Crippen LogP contribution in [0.3, 0.4) is 0 Å². The van der Waals surface area contributed by atoms with Crippen molar-refractivity contribution < 1.29 is 15.0 Å². The maximum Gasteiger partial charge on any atom is 0.303 e. The average Bonchev–Trinajstić information content (AvgIpc) is 2.92. The van der Waals surface area contributed by atoms with E-state index in [-0.39, 0.29) is 6.10 Å². The van der Waals surface area contributed by atoms with Crippen molar-refractivity contribution in [2.45, 2.75) is 97.0 Å². The summed E-state index contributed by atoms with van der Waals surface area (Å²) in [5.41, 5.74) is 0.919. The lowest BCUT2D eigenvalue weighted by molar-refractivity contribution is -0.137. The van der Waals surface area contributed by atoms with E-state index in [4.69, 9.17) is 5.11 Å². The molecular weight excluding hydrogens is 324 g/mol. The molecule has 0 aromatic rings. The van der Waals surface area contributed by atoms with Gasteiger partial charge in [0.05, 0.1) is 6.10 Å². The predicted molar refractivity (Wildman–Crippen MR) is 103 cm³/mol. The van der Waals surface area contributed by atoms with E-state index in [0.29, 0.717) is 17.3 Å². The second-order valence-electron chi connectivity index (χ2n) is 10.7. The summed E-state index contributed by atoms with van der Waals surface area (Å²) >= 11 is 0. The van der Waals surface area contributed by atoms with Crippen LogP contribution in [0.5, 0.6) is 0 Å². The van der Waals surface area contributed by atoms with E-state index in [1.165, 1.54) is 44.9 Å². The van der Waals surface area contributed by atoms with E-state index in [1.54, 1.807) is 0 Å². The van der Waals surface area contributed by atoms with E-state index >= 15 is 0 Å². The number of hydrogen-bond donors (Lipinski definition) is 2. The van der Waals surface area contributed by atoms with Crippen molar-refractivity contribution in [1.82, 2.24) is 0 Å².